The summed E-state index contributed by atoms with van der Waals surface area (Å²) in [4.78, 5) is 13.1. The molecule has 1 N–H and O–H groups in total. The lowest BCUT2D eigenvalue weighted by Crippen LogP contribution is -2.29. The normalized spacial score (nSPS) is 12.8. The molecule has 0 spiro atoms. The van der Waals surface area contributed by atoms with Gasteiger partial charge in [-0.05, 0) is 29.5 Å². The summed E-state index contributed by atoms with van der Waals surface area (Å²) in [6, 6.07) is 10.3. The number of benzene rings is 1. The largest absolute Gasteiger partial charge is 0.345 e. The summed E-state index contributed by atoms with van der Waals surface area (Å²) in [7, 11) is 0. The van der Waals surface area contributed by atoms with Gasteiger partial charge in [-0.25, -0.2) is 4.39 Å². The first-order chi connectivity index (χ1) is 10.1. The second-order valence-electron chi connectivity index (χ2n) is 5.10. The number of halogens is 1. The molecule has 0 bridgehead atoms. The van der Waals surface area contributed by atoms with Crippen molar-refractivity contribution < 1.29 is 9.18 Å². The molecule has 0 saturated carbocycles. The molecule has 1 aromatic heterocycles. The van der Waals surface area contributed by atoms with Crippen molar-refractivity contribution in [2.45, 2.75) is 19.9 Å². The molecule has 0 aliphatic rings. The molecule has 2 rings (SSSR count). The van der Waals surface area contributed by atoms with Gasteiger partial charge >= 0.3 is 0 Å². The van der Waals surface area contributed by atoms with Gasteiger partial charge in [0.25, 0.3) is 0 Å². The van der Waals surface area contributed by atoms with Gasteiger partial charge < -0.3 is 5.32 Å². The third-order valence-corrected chi connectivity index (χ3v) is 4.09. The Hall–Kier alpha value is -1.94. The highest BCUT2D eigenvalue weighted by molar-refractivity contribution is 7.10. The standard InChI is InChI=1S/C17H18FNOS/c1-12(2)17(15-8-5-11-21-15)19-16(20)10-9-13-6-3-4-7-14(13)18/h3-12,17H,1-2H3,(H,19,20)/b10-9+. The van der Waals surface area contributed by atoms with Gasteiger partial charge in [0.1, 0.15) is 5.82 Å². The van der Waals surface area contributed by atoms with Gasteiger partial charge in [-0.1, -0.05) is 38.1 Å². The van der Waals surface area contributed by atoms with Crippen molar-refractivity contribution >= 4 is 23.3 Å². The summed E-state index contributed by atoms with van der Waals surface area (Å²) in [5.74, 6) is -0.264. The van der Waals surface area contributed by atoms with Crippen LogP contribution in [0.5, 0.6) is 0 Å². The zero-order chi connectivity index (χ0) is 15.2. The Morgan fingerprint density at radius 1 is 1.24 bits per heavy atom. The minimum atomic E-state index is -0.333. The predicted octanol–water partition coefficient (Wildman–Crippen LogP) is 4.41. The van der Waals surface area contributed by atoms with Crippen LogP contribution in [0.15, 0.2) is 47.9 Å². The second kappa shape index (κ2) is 7.18. The van der Waals surface area contributed by atoms with Crippen LogP contribution in [0, 0.1) is 11.7 Å². The highest BCUT2D eigenvalue weighted by Crippen LogP contribution is 2.25. The summed E-state index contributed by atoms with van der Waals surface area (Å²) in [6.45, 7) is 4.12. The van der Waals surface area contributed by atoms with Crippen LogP contribution in [0.4, 0.5) is 4.39 Å². The first-order valence-corrected chi connectivity index (χ1v) is 7.72. The summed E-state index contributed by atoms with van der Waals surface area (Å²) < 4.78 is 13.5. The monoisotopic (exact) mass is 303 g/mol. The van der Waals surface area contributed by atoms with Crippen molar-refractivity contribution in [3.63, 3.8) is 0 Å². The Balaban J connectivity index is 2.05. The van der Waals surface area contributed by atoms with Gasteiger partial charge in [0.15, 0.2) is 0 Å². The second-order valence-corrected chi connectivity index (χ2v) is 6.08. The zero-order valence-electron chi connectivity index (χ0n) is 12.0. The molecule has 0 aliphatic carbocycles. The third kappa shape index (κ3) is 4.26. The van der Waals surface area contributed by atoms with E-state index in [-0.39, 0.29) is 23.7 Å². The van der Waals surface area contributed by atoms with Crippen molar-refractivity contribution in [2.24, 2.45) is 5.92 Å². The topological polar surface area (TPSA) is 29.1 Å². The number of thiophene rings is 1. The van der Waals surface area contributed by atoms with E-state index >= 15 is 0 Å². The summed E-state index contributed by atoms with van der Waals surface area (Å²) in [6.07, 6.45) is 2.87. The van der Waals surface area contributed by atoms with E-state index in [1.807, 2.05) is 17.5 Å². The van der Waals surface area contributed by atoms with Crippen molar-refractivity contribution in [1.82, 2.24) is 5.32 Å². The van der Waals surface area contributed by atoms with Crippen molar-refractivity contribution in [2.75, 3.05) is 0 Å². The molecule has 1 amide bonds. The van der Waals surface area contributed by atoms with Crippen molar-refractivity contribution in [1.29, 1.82) is 0 Å². The van der Waals surface area contributed by atoms with Gasteiger partial charge in [-0.2, -0.15) is 0 Å². The number of amides is 1. The maximum Gasteiger partial charge on any atom is 0.244 e. The molecule has 0 radical (unpaired) electrons. The van der Waals surface area contributed by atoms with Crippen LogP contribution in [0.2, 0.25) is 0 Å². The van der Waals surface area contributed by atoms with E-state index in [2.05, 4.69) is 19.2 Å². The first-order valence-electron chi connectivity index (χ1n) is 6.84. The smallest absolute Gasteiger partial charge is 0.244 e. The van der Waals surface area contributed by atoms with Gasteiger partial charge in [0, 0.05) is 16.5 Å². The van der Waals surface area contributed by atoms with Crippen LogP contribution in [0.3, 0.4) is 0 Å². The van der Waals surface area contributed by atoms with E-state index in [0.29, 0.717) is 5.56 Å². The molecular formula is C17H18FNOS. The Labute approximate surface area is 128 Å². The molecule has 1 atom stereocenters. The molecular weight excluding hydrogens is 285 g/mol. The molecule has 0 saturated heterocycles. The SMILES string of the molecule is CC(C)C(NC(=O)/C=C/c1ccccc1F)c1cccs1. The maximum absolute atomic E-state index is 13.5. The molecule has 4 heteroatoms. The Kier molecular flexibility index (Phi) is 5.28. The quantitative estimate of drug-likeness (QED) is 0.814. The van der Waals surface area contributed by atoms with Crippen LogP contribution in [0.1, 0.15) is 30.3 Å². The molecule has 1 aromatic carbocycles. The van der Waals surface area contributed by atoms with E-state index in [0.717, 1.165) is 4.88 Å². The van der Waals surface area contributed by atoms with Crippen LogP contribution in [-0.2, 0) is 4.79 Å². The minimum absolute atomic E-state index is 0.0252. The summed E-state index contributed by atoms with van der Waals surface area (Å²) in [5, 5.41) is 4.96. The Morgan fingerprint density at radius 3 is 2.62 bits per heavy atom. The van der Waals surface area contributed by atoms with Crippen LogP contribution >= 0.6 is 11.3 Å². The van der Waals surface area contributed by atoms with E-state index in [1.165, 1.54) is 18.2 Å². The molecule has 1 heterocycles. The van der Waals surface area contributed by atoms with Crippen molar-refractivity contribution in [3.8, 4) is 0 Å². The van der Waals surface area contributed by atoms with E-state index < -0.39 is 0 Å². The highest BCUT2D eigenvalue weighted by Gasteiger charge is 2.18. The molecule has 2 aromatic rings. The number of carbonyl (C=O) groups excluding carboxylic acids is 1. The number of hydrogen-bond donors (Lipinski definition) is 1. The number of hydrogen-bond acceptors (Lipinski definition) is 2. The molecule has 1 unspecified atom stereocenters. The fraction of sp³-hybridized carbons (Fsp3) is 0.235. The molecule has 0 aliphatic heterocycles. The predicted molar refractivity (Wildman–Crippen MR) is 85.5 cm³/mol. The van der Waals surface area contributed by atoms with Gasteiger partial charge in [0.05, 0.1) is 6.04 Å². The Bertz CT molecular complexity index is 619. The summed E-state index contributed by atoms with van der Waals surface area (Å²) >= 11 is 1.62. The number of carbonyl (C=O) groups is 1. The third-order valence-electron chi connectivity index (χ3n) is 3.13. The van der Waals surface area contributed by atoms with Crippen LogP contribution < -0.4 is 5.32 Å². The average Bonchev–Trinajstić information content (AvgIpc) is 2.97. The van der Waals surface area contributed by atoms with Crippen LogP contribution in [0.25, 0.3) is 6.08 Å². The summed E-state index contributed by atoms with van der Waals surface area (Å²) in [5.41, 5.74) is 0.407. The number of rotatable bonds is 5. The average molecular weight is 303 g/mol. The fourth-order valence-corrected chi connectivity index (χ4v) is 2.96. The molecule has 110 valence electrons. The molecule has 0 fully saturated rings. The highest BCUT2D eigenvalue weighted by atomic mass is 32.1. The maximum atomic E-state index is 13.5. The lowest BCUT2D eigenvalue weighted by atomic mass is 10.0. The fourth-order valence-electron chi connectivity index (χ4n) is 2.01. The van der Waals surface area contributed by atoms with E-state index in [4.69, 9.17) is 0 Å². The lowest BCUT2D eigenvalue weighted by Gasteiger charge is -2.20. The van der Waals surface area contributed by atoms with Gasteiger partial charge in [0.2, 0.25) is 5.91 Å². The lowest BCUT2D eigenvalue weighted by molar-refractivity contribution is -0.117. The zero-order valence-corrected chi connectivity index (χ0v) is 12.9. The molecule has 2 nitrogen and oxygen atoms in total. The number of nitrogens with one attached hydrogen (secondary N) is 1. The van der Waals surface area contributed by atoms with Crippen molar-refractivity contribution in [3.05, 3.63) is 64.1 Å². The Morgan fingerprint density at radius 2 is 2.00 bits per heavy atom. The van der Waals surface area contributed by atoms with Gasteiger partial charge in [-0.15, -0.1) is 11.3 Å². The van der Waals surface area contributed by atoms with E-state index in [9.17, 15) is 9.18 Å². The van der Waals surface area contributed by atoms with E-state index in [1.54, 1.807) is 29.5 Å². The van der Waals surface area contributed by atoms with Gasteiger partial charge in [-0.3, -0.25) is 4.79 Å². The van der Waals surface area contributed by atoms with Crippen LogP contribution in [-0.4, -0.2) is 5.91 Å². The molecule has 21 heavy (non-hydrogen) atoms. The minimum Gasteiger partial charge on any atom is -0.345 e. The first kappa shape index (κ1) is 15.4.